The Kier molecular flexibility index (Phi) is 5.76. The highest BCUT2D eigenvalue weighted by molar-refractivity contribution is 5.87. The number of aromatic nitrogens is 3. The number of aryl methyl sites for hydroxylation is 3. The highest BCUT2D eigenvalue weighted by Crippen LogP contribution is 2.07. The molecule has 134 valence electrons. The van der Waals surface area contributed by atoms with E-state index in [0.717, 1.165) is 18.8 Å². The van der Waals surface area contributed by atoms with E-state index in [0.29, 0.717) is 24.5 Å². The van der Waals surface area contributed by atoms with Crippen molar-refractivity contribution >= 4 is 5.97 Å². The summed E-state index contributed by atoms with van der Waals surface area (Å²) in [5.74, 6) is 0.0141. The number of rotatable bonds is 8. The number of aromatic carboxylic acids is 1. The number of hydrogen-bond acceptors (Lipinski definition) is 4. The fourth-order valence-electron chi connectivity index (χ4n) is 2.86. The molecule has 0 amide bonds. The zero-order chi connectivity index (χ0) is 18.4. The maximum absolute atomic E-state index is 11.1. The summed E-state index contributed by atoms with van der Waals surface area (Å²) >= 11 is 0. The molecule has 1 aromatic carbocycles. The first kappa shape index (κ1) is 17.8. The van der Waals surface area contributed by atoms with Gasteiger partial charge in [0.15, 0.2) is 0 Å². The Morgan fingerprint density at radius 1 is 1.19 bits per heavy atom. The number of carbonyl (C=O) groups is 1. The Bertz CT molecular complexity index is 875. The van der Waals surface area contributed by atoms with E-state index < -0.39 is 5.97 Å². The summed E-state index contributed by atoms with van der Waals surface area (Å²) in [5, 5.41) is 12.4. The van der Waals surface area contributed by atoms with Crippen LogP contribution in [0.25, 0.3) is 0 Å². The Morgan fingerprint density at radius 2 is 2.00 bits per heavy atom. The summed E-state index contributed by atoms with van der Waals surface area (Å²) in [6.07, 6.45) is 4.73. The van der Waals surface area contributed by atoms with E-state index >= 15 is 0 Å². The third-order valence-electron chi connectivity index (χ3n) is 4.13. The summed E-state index contributed by atoms with van der Waals surface area (Å²) in [5.41, 5.74) is 2.97. The van der Waals surface area contributed by atoms with Gasteiger partial charge in [-0.05, 0) is 31.0 Å². The monoisotopic (exact) mass is 350 g/mol. The van der Waals surface area contributed by atoms with Crippen LogP contribution in [0, 0.1) is 6.92 Å². The summed E-state index contributed by atoms with van der Waals surface area (Å²) in [6.45, 7) is 3.76. The van der Waals surface area contributed by atoms with Crippen LogP contribution in [-0.4, -0.2) is 25.6 Å². The molecule has 0 saturated carbocycles. The first-order chi connectivity index (χ1) is 12.6. The molecule has 2 aromatic heterocycles. The van der Waals surface area contributed by atoms with Crippen molar-refractivity contribution in [3.05, 3.63) is 83.2 Å². The largest absolute Gasteiger partial charge is 0.478 e. The van der Waals surface area contributed by atoms with Gasteiger partial charge in [0.2, 0.25) is 0 Å². The molecule has 0 saturated heterocycles. The zero-order valence-corrected chi connectivity index (χ0v) is 14.7. The van der Waals surface area contributed by atoms with Gasteiger partial charge < -0.3 is 15.0 Å². The van der Waals surface area contributed by atoms with Gasteiger partial charge in [0.1, 0.15) is 5.82 Å². The van der Waals surface area contributed by atoms with Crippen molar-refractivity contribution in [2.24, 2.45) is 0 Å². The standard InChI is InChI=1S/C20H22N4O2/c1-15-11-17(20(25)26)12-18(23-15)13-21-14-19-22-8-10-24(19)9-7-16-5-3-2-4-6-16/h2-6,8,10-12,21H,7,9,13-14H2,1H3,(H,25,26). The van der Waals surface area contributed by atoms with E-state index in [2.05, 4.69) is 32.0 Å². The normalized spacial score (nSPS) is 10.8. The van der Waals surface area contributed by atoms with Crippen LogP contribution >= 0.6 is 0 Å². The van der Waals surface area contributed by atoms with Gasteiger partial charge in [-0.1, -0.05) is 30.3 Å². The number of benzene rings is 1. The van der Waals surface area contributed by atoms with Crippen LogP contribution in [0.3, 0.4) is 0 Å². The number of imidazole rings is 1. The third kappa shape index (κ3) is 4.77. The predicted molar refractivity (Wildman–Crippen MR) is 98.9 cm³/mol. The highest BCUT2D eigenvalue weighted by atomic mass is 16.4. The van der Waals surface area contributed by atoms with Crippen LogP contribution in [0.15, 0.2) is 54.9 Å². The fourth-order valence-corrected chi connectivity index (χ4v) is 2.86. The van der Waals surface area contributed by atoms with E-state index in [4.69, 9.17) is 5.11 Å². The lowest BCUT2D eigenvalue weighted by Gasteiger charge is -2.10. The number of nitrogens with one attached hydrogen (secondary N) is 1. The van der Waals surface area contributed by atoms with E-state index in [1.807, 2.05) is 24.4 Å². The lowest BCUT2D eigenvalue weighted by Crippen LogP contribution is -2.18. The van der Waals surface area contributed by atoms with Crippen molar-refractivity contribution in [3.63, 3.8) is 0 Å². The molecule has 2 N–H and O–H groups in total. The van der Waals surface area contributed by atoms with Crippen molar-refractivity contribution in [1.29, 1.82) is 0 Å². The van der Waals surface area contributed by atoms with Crippen molar-refractivity contribution in [2.75, 3.05) is 0 Å². The van der Waals surface area contributed by atoms with Crippen molar-refractivity contribution < 1.29 is 9.90 Å². The number of carboxylic acid groups (broad SMARTS) is 1. The molecule has 26 heavy (non-hydrogen) atoms. The lowest BCUT2D eigenvalue weighted by atomic mass is 10.1. The third-order valence-corrected chi connectivity index (χ3v) is 4.13. The topological polar surface area (TPSA) is 80.0 Å². The highest BCUT2D eigenvalue weighted by Gasteiger charge is 2.07. The van der Waals surface area contributed by atoms with Crippen molar-refractivity contribution in [2.45, 2.75) is 33.0 Å². The molecule has 0 atom stereocenters. The summed E-state index contributed by atoms with van der Waals surface area (Å²) in [6, 6.07) is 13.5. The Labute approximate surface area is 152 Å². The average molecular weight is 350 g/mol. The van der Waals surface area contributed by atoms with Gasteiger partial charge in [0.25, 0.3) is 0 Å². The maximum Gasteiger partial charge on any atom is 0.335 e. The van der Waals surface area contributed by atoms with E-state index in [9.17, 15) is 4.79 Å². The van der Waals surface area contributed by atoms with Gasteiger partial charge in [0, 0.05) is 31.2 Å². The summed E-state index contributed by atoms with van der Waals surface area (Å²) in [7, 11) is 0. The molecular weight excluding hydrogens is 328 g/mol. The second-order valence-electron chi connectivity index (χ2n) is 6.17. The Balaban J connectivity index is 1.56. The molecule has 0 unspecified atom stereocenters. The zero-order valence-electron chi connectivity index (χ0n) is 14.7. The molecule has 0 aliphatic heterocycles. The summed E-state index contributed by atoms with van der Waals surface area (Å²) < 4.78 is 2.13. The van der Waals surface area contributed by atoms with Gasteiger partial charge in [0.05, 0.1) is 17.8 Å². The van der Waals surface area contributed by atoms with Gasteiger partial charge in [-0.25, -0.2) is 9.78 Å². The first-order valence-corrected chi connectivity index (χ1v) is 8.57. The van der Waals surface area contributed by atoms with Crippen LogP contribution < -0.4 is 5.32 Å². The lowest BCUT2D eigenvalue weighted by molar-refractivity contribution is 0.0696. The van der Waals surface area contributed by atoms with Crippen LogP contribution in [0.1, 0.15) is 33.1 Å². The molecule has 0 bridgehead atoms. The molecule has 6 heteroatoms. The molecule has 3 rings (SSSR count). The van der Waals surface area contributed by atoms with E-state index in [1.54, 1.807) is 25.3 Å². The minimum atomic E-state index is -0.937. The minimum absolute atomic E-state index is 0.263. The molecule has 6 nitrogen and oxygen atoms in total. The number of pyridine rings is 1. The van der Waals surface area contributed by atoms with Crippen molar-refractivity contribution in [1.82, 2.24) is 19.9 Å². The SMILES string of the molecule is Cc1cc(C(=O)O)cc(CNCc2nccn2CCc2ccccc2)n1. The molecule has 0 fully saturated rings. The molecule has 0 radical (unpaired) electrons. The molecular formula is C20H22N4O2. The number of carboxylic acids is 1. The summed E-state index contributed by atoms with van der Waals surface area (Å²) in [4.78, 5) is 19.9. The molecule has 0 aliphatic carbocycles. The number of hydrogen-bond donors (Lipinski definition) is 2. The fraction of sp³-hybridized carbons (Fsp3) is 0.250. The first-order valence-electron chi connectivity index (χ1n) is 8.57. The molecule has 3 aromatic rings. The van der Waals surface area contributed by atoms with E-state index in [-0.39, 0.29) is 5.56 Å². The van der Waals surface area contributed by atoms with Crippen molar-refractivity contribution in [3.8, 4) is 0 Å². The van der Waals surface area contributed by atoms with Crippen LogP contribution in [0.4, 0.5) is 0 Å². The smallest absolute Gasteiger partial charge is 0.335 e. The Hall–Kier alpha value is -2.99. The van der Waals surface area contributed by atoms with Gasteiger partial charge in [-0.15, -0.1) is 0 Å². The maximum atomic E-state index is 11.1. The second kappa shape index (κ2) is 8.40. The van der Waals surface area contributed by atoms with E-state index in [1.165, 1.54) is 5.56 Å². The quantitative estimate of drug-likeness (QED) is 0.653. The minimum Gasteiger partial charge on any atom is -0.478 e. The predicted octanol–water partition coefficient (Wildman–Crippen LogP) is 2.82. The average Bonchev–Trinajstić information content (AvgIpc) is 3.08. The Morgan fingerprint density at radius 3 is 2.77 bits per heavy atom. The van der Waals surface area contributed by atoms with Gasteiger partial charge in [-0.3, -0.25) is 4.98 Å². The van der Waals surface area contributed by atoms with Crippen LogP contribution in [-0.2, 0) is 26.1 Å². The van der Waals surface area contributed by atoms with Gasteiger partial charge >= 0.3 is 5.97 Å². The molecule has 0 aliphatic rings. The number of nitrogens with zero attached hydrogens (tertiary/aromatic N) is 3. The van der Waals surface area contributed by atoms with Gasteiger partial charge in [-0.2, -0.15) is 0 Å². The second-order valence-corrected chi connectivity index (χ2v) is 6.17. The van der Waals surface area contributed by atoms with Crippen LogP contribution in [0.2, 0.25) is 0 Å². The van der Waals surface area contributed by atoms with Crippen LogP contribution in [0.5, 0.6) is 0 Å². The molecule has 2 heterocycles. The molecule has 0 spiro atoms.